The zero-order chi connectivity index (χ0) is 15.4. The van der Waals surface area contributed by atoms with Gasteiger partial charge in [-0.3, -0.25) is 4.79 Å². The molecular weight excluding hydrogens is 273 g/mol. The first-order valence-electron chi connectivity index (χ1n) is 6.42. The molecule has 2 aromatic rings. The van der Waals surface area contributed by atoms with E-state index in [4.69, 9.17) is 15.6 Å². The van der Waals surface area contributed by atoms with Crippen LogP contribution in [0.1, 0.15) is 18.0 Å². The third kappa shape index (κ3) is 3.58. The maximum absolute atomic E-state index is 13.8. The van der Waals surface area contributed by atoms with Gasteiger partial charge in [-0.25, -0.2) is 4.39 Å². The van der Waals surface area contributed by atoms with E-state index in [-0.39, 0.29) is 12.0 Å². The van der Waals surface area contributed by atoms with E-state index in [1.54, 1.807) is 19.2 Å². The highest BCUT2D eigenvalue weighted by Gasteiger charge is 2.16. The molecule has 0 unspecified atom stereocenters. The van der Waals surface area contributed by atoms with Crippen molar-refractivity contribution in [1.82, 2.24) is 0 Å². The number of benzene rings is 2. The first-order chi connectivity index (χ1) is 10.0. The van der Waals surface area contributed by atoms with Gasteiger partial charge in [0, 0.05) is 11.6 Å². The summed E-state index contributed by atoms with van der Waals surface area (Å²) in [6.45, 7) is 0. The van der Waals surface area contributed by atoms with Crippen molar-refractivity contribution in [1.29, 1.82) is 0 Å². The SMILES string of the molecule is COc1cccc(-c2ccc(F)c([C@@H](N)CC(=O)O)c2)c1. The van der Waals surface area contributed by atoms with Crippen molar-refractivity contribution in [3.8, 4) is 16.9 Å². The molecule has 5 heteroatoms. The van der Waals surface area contributed by atoms with Crippen LogP contribution >= 0.6 is 0 Å². The minimum absolute atomic E-state index is 0.192. The Kier molecular flexibility index (Phi) is 4.55. The van der Waals surface area contributed by atoms with Crippen LogP contribution in [0, 0.1) is 5.82 Å². The Labute approximate surface area is 122 Å². The smallest absolute Gasteiger partial charge is 0.305 e. The van der Waals surface area contributed by atoms with Crippen LogP contribution in [0.4, 0.5) is 4.39 Å². The van der Waals surface area contributed by atoms with Gasteiger partial charge in [-0.1, -0.05) is 18.2 Å². The molecule has 0 saturated heterocycles. The van der Waals surface area contributed by atoms with Crippen LogP contribution in [0.5, 0.6) is 5.75 Å². The van der Waals surface area contributed by atoms with Gasteiger partial charge in [-0.2, -0.15) is 0 Å². The monoisotopic (exact) mass is 289 g/mol. The fourth-order valence-corrected chi connectivity index (χ4v) is 2.11. The van der Waals surface area contributed by atoms with Crippen LogP contribution in [0.25, 0.3) is 11.1 Å². The van der Waals surface area contributed by atoms with Gasteiger partial charge in [0.15, 0.2) is 0 Å². The van der Waals surface area contributed by atoms with Crippen molar-refractivity contribution >= 4 is 5.97 Å². The average Bonchev–Trinajstić information content (AvgIpc) is 2.47. The molecule has 0 aliphatic carbocycles. The maximum atomic E-state index is 13.8. The Morgan fingerprint density at radius 2 is 2.00 bits per heavy atom. The Balaban J connectivity index is 2.39. The highest BCUT2D eigenvalue weighted by molar-refractivity contribution is 5.69. The molecule has 0 amide bonds. The van der Waals surface area contributed by atoms with Crippen LogP contribution in [0.3, 0.4) is 0 Å². The fourth-order valence-electron chi connectivity index (χ4n) is 2.11. The summed E-state index contributed by atoms with van der Waals surface area (Å²) in [7, 11) is 1.57. The lowest BCUT2D eigenvalue weighted by atomic mass is 9.97. The molecule has 0 spiro atoms. The summed E-state index contributed by atoms with van der Waals surface area (Å²) in [6.07, 6.45) is -0.321. The topological polar surface area (TPSA) is 72.5 Å². The summed E-state index contributed by atoms with van der Waals surface area (Å²) in [4.78, 5) is 10.7. The molecule has 0 radical (unpaired) electrons. The highest BCUT2D eigenvalue weighted by atomic mass is 19.1. The van der Waals surface area contributed by atoms with Gasteiger partial charge >= 0.3 is 5.97 Å². The summed E-state index contributed by atoms with van der Waals surface area (Å²) >= 11 is 0. The summed E-state index contributed by atoms with van der Waals surface area (Å²) in [5.74, 6) is -0.878. The van der Waals surface area contributed by atoms with Crippen molar-refractivity contribution in [3.63, 3.8) is 0 Å². The van der Waals surface area contributed by atoms with Gasteiger partial charge in [0.05, 0.1) is 13.5 Å². The van der Waals surface area contributed by atoms with Crippen LogP contribution in [-0.2, 0) is 4.79 Å². The van der Waals surface area contributed by atoms with Gasteiger partial charge in [0.2, 0.25) is 0 Å². The number of nitrogens with two attached hydrogens (primary N) is 1. The zero-order valence-corrected chi connectivity index (χ0v) is 11.5. The lowest BCUT2D eigenvalue weighted by Crippen LogP contribution is -2.16. The van der Waals surface area contributed by atoms with E-state index in [1.165, 1.54) is 6.07 Å². The van der Waals surface area contributed by atoms with Crippen molar-refractivity contribution in [2.45, 2.75) is 12.5 Å². The molecule has 0 heterocycles. The van der Waals surface area contributed by atoms with Gasteiger partial charge in [-0.15, -0.1) is 0 Å². The molecular formula is C16H16FNO3. The summed E-state index contributed by atoms with van der Waals surface area (Å²) < 4.78 is 19.0. The van der Waals surface area contributed by atoms with E-state index in [0.717, 1.165) is 11.1 Å². The van der Waals surface area contributed by atoms with Crippen molar-refractivity contribution in [2.24, 2.45) is 5.73 Å². The number of rotatable bonds is 5. The second kappa shape index (κ2) is 6.37. The largest absolute Gasteiger partial charge is 0.497 e. The molecule has 2 aromatic carbocycles. The molecule has 110 valence electrons. The van der Waals surface area contributed by atoms with Crippen molar-refractivity contribution in [2.75, 3.05) is 7.11 Å². The maximum Gasteiger partial charge on any atom is 0.305 e. The predicted molar refractivity (Wildman–Crippen MR) is 77.6 cm³/mol. The number of aliphatic carboxylic acids is 1. The van der Waals surface area contributed by atoms with Gasteiger partial charge in [0.25, 0.3) is 0 Å². The number of methoxy groups -OCH3 is 1. The highest BCUT2D eigenvalue weighted by Crippen LogP contribution is 2.28. The molecule has 0 aliphatic heterocycles. The number of halogens is 1. The summed E-state index contributed by atoms with van der Waals surface area (Å²) in [5, 5.41) is 8.77. The van der Waals surface area contributed by atoms with Gasteiger partial charge < -0.3 is 15.6 Å². The minimum atomic E-state index is -1.06. The Bertz CT molecular complexity index is 658. The molecule has 3 N–H and O–H groups in total. The Morgan fingerprint density at radius 1 is 1.29 bits per heavy atom. The molecule has 0 aromatic heterocycles. The molecule has 21 heavy (non-hydrogen) atoms. The third-order valence-electron chi connectivity index (χ3n) is 3.19. The lowest BCUT2D eigenvalue weighted by molar-refractivity contribution is -0.137. The summed E-state index contributed by atoms with van der Waals surface area (Å²) in [5.41, 5.74) is 7.55. The molecule has 2 rings (SSSR count). The molecule has 0 saturated carbocycles. The van der Waals surface area contributed by atoms with E-state index < -0.39 is 17.8 Å². The Morgan fingerprint density at radius 3 is 2.67 bits per heavy atom. The van der Waals surface area contributed by atoms with Crippen LogP contribution < -0.4 is 10.5 Å². The van der Waals surface area contributed by atoms with Crippen LogP contribution in [0.15, 0.2) is 42.5 Å². The number of hydrogen-bond donors (Lipinski definition) is 2. The van der Waals surface area contributed by atoms with Crippen LogP contribution in [0.2, 0.25) is 0 Å². The zero-order valence-electron chi connectivity index (χ0n) is 11.5. The van der Waals surface area contributed by atoms with Gasteiger partial charge in [0.1, 0.15) is 11.6 Å². The lowest BCUT2D eigenvalue weighted by Gasteiger charge is -2.13. The van der Waals surface area contributed by atoms with E-state index in [1.807, 2.05) is 24.3 Å². The molecule has 1 atom stereocenters. The van der Waals surface area contributed by atoms with Crippen molar-refractivity contribution in [3.05, 3.63) is 53.8 Å². The van der Waals surface area contributed by atoms with E-state index >= 15 is 0 Å². The van der Waals surface area contributed by atoms with E-state index in [9.17, 15) is 9.18 Å². The number of carbonyl (C=O) groups is 1. The van der Waals surface area contributed by atoms with Crippen LogP contribution in [-0.4, -0.2) is 18.2 Å². The standard InChI is InChI=1S/C16H16FNO3/c1-21-12-4-2-3-10(7-12)11-5-6-14(17)13(8-11)15(18)9-16(19)20/h2-8,15H,9,18H2,1H3,(H,19,20)/t15-/m0/s1. The van der Waals surface area contributed by atoms with E-state index in [2.05, 4.69) is 0 Å². The average molecular weight is 289 g/mol. The first kappa shape index (κ1) is 15.0. The van der Waals surface area contributed by atoms with Crippen molar-refractivity contribution < 1.29 is 19.0 Å². The molecule has 4 nitrogen and oxygen atoms in total. The number of carboxylic acid groups (broad SMARTS) is 1. The number of hydrogen-bond acceptors (Lipinski definition) is 3. The fraction of sp³-hybridized carbons (Fsp3) is 0.188. The minimum Gasteiger partial charge on any atom is -0.497 e. The first-order valence-corrected chi connectivity index (χ1v) is 6.42. The third-order valence-corrected chi connectivity index (χ3v) is 3.19. The summed E-state index contributed by atoms with van der Waals surface area (Å²) in [6, 6.07) is 10.9. The normalized spacial score (nSPS) is 12.0. The Hall–Kier alpha value is -2.40. The quantitative estimate of drug-likeness (QED) is 0.887. The molecule has 0 aliphatic rings. The second-order valence-electron chi connectivity index (χ2n) is 4.67. The van der Waals surface area contributed by atoms with Gasteiger partial charge in [-0.05, 0) is 35.4 Å². The number of ether oxygens (including phenoxy) is 1. The van der Waals surface area contributed by atoms with E-state index in [0.29, 0.717) is 5.75 Å². The predicted octanol–water partition coefficient (Wildman–Crippen LogP) is 2.98. The second-order valence-corrected chi connectivity index (χ2v) is 4.67. The number of carboxylic acids is 1. The molecule has 0 fully saturated rings. The molecule has 0 bridgehead atoms.